The first-order valence-electron chi connectivity index (χ1n) is 8.08. The molecule has 0 atom stereocenters. The van der Waals surface area contributed by atoms with Crippen molar-refractivity contribution in [3.63, 3.8) is 0 Å². The smallest absolute Gasteiger partial charge is 0.181 e. The highest BCUT2D eigenvalue weighted by molar-refractivity contribution is 6.03. The maximum atomic E-state index is 5.40. The summed E-state index contributed by atoms with van der Waals surface area (Å²) in [7, 11) is 3.23. The Kier molecular flexibility index (Phi) is 3.93. The lowest BCUT2D eigenvalue weighted by Gasteiger charge is -2.09. The lowest BCUT2D eigenvalue weighted by molar-refractivity contribution is 0.356. The zero-order chi connectivity index (χ0) is 17.2. The van der Waals surface area contributed by atoms with Crippen LogP contribution in [0.5, 0.6) is 11.5 Å². The predicted octanol–water partition coefficient (Wildman–Crippen LogP) is 3.24. The van der Waals surface area contributed by atoms with Crippen molar-refractivity contribution in [3.8, 4) is 11.5 Å². The number of aromatic nitrogens is 4. The van der Waals surface area contributed by atoms with Crippen LogP contribution in [0.25, 0.3) is 21.9 Å². The molecule has 25 heavy (non-hydrogen) atoms. The molecule has 0 bridgehead atoms. The van der Waals surface area contributed by atoms with Crippen molar-refractivity contribution in [2.75, 3.05) is 14.2 Å². The average molecular weight is 334 g/mol. The highest BCUT2D eigenvalue weighted by Crippen LogP contribution is 2.33. The summed E-state index contributed by atoms with van der Waals surface area (Å²) in [6.45, 7) is 0.751. The lowest BCUT2D eigenvalue weighted by Crippen LogP contribution is -2.04. The monoisotopic (exact) mass is 334 g/mol. The molecule has 0 spiro atoms. The summed E-state index contributed by atoms with van der Waals surface area (Å²) >= 11 is 0. The average Bonchev–Trinajstić information content (AvgIpc) is 3.09. The molecular weight excluding hydrogens is 316 g/mol. The molecule has 0 fully saturated rings. The van der Waals surface area contributed by atoms with Crippen LogP contribution in [-0.2, 0) is 13.0 Å². The van der Waals surface area contributed by atoms with Gasteiger partial charge in [-0.1, -0.05) is 30.3 Å². The fraction of sp³-hybridized carbons (Fsp3) is 0.211. The van der Waals surface area contributed by atoms with Gasteiger partial charge in [-0.25, -0.2) is 4.68 Å². The molecule has 4 aromatic rings. The number of hydrogen-bond acceptors (Lipinski definition) is 5. The first-order chi connectivity index (χ1) is 12.3. The minimum Gasteiger partial charge on any atom is -0.493 e. The molecule has 0 N–H and O–H groups in total. The predicted molar refractivity (Wildman–Crippen MR) is 96.1 cm³/mol. The van der Waals surface area contributed by atoms with E-state index in [9.17, 15) is 0 Å². The Hall–Kier alpha value is -3.15. The number of aryl methyl sites for hydroxylation is 2. The first kappa shape index (κ1) is 15.4. The molecular formula is C19H18N4O2. The summed E-state index contributed by atoms with van der Waals surface area (Å²) in [5.74, 6) is 1.31. The van der Waals surface area contributed by atoms with E-state index in [1.54, 1.807) is 14.2 Å². The summed E-state index contributed by atoms with van der Waals surface area (Å²) in [5, 5.41) is 15.1. The molecule has 0 unspecified atom stereocenters. The third kappa shape index (κ3) is 2.76. The van der Waals surface area contributed by atoms with E-state index >= 15 is 0 Å². The van der Waals surface area contributed by atoms with Gasteiger partial charge in [0.2, 0.25) is 0 Å². The molecule has 0 radical (unpaired) electrons. The third-order valence-corrected chi connectivity index (χ3v) is 4.31. The number of hydrogen-bond donors (Lipinski definition) is 0. The van der Waals surface area contributed by atoms with Gasteiger partial charge < -0.3 is 9.47 Å². The van der Waals surface area contributed by atoms with E-state index in [2.05, 4.69) is 27.4 Å². The molecule has 2 heterocycles. The van der Waals surface area contributed by atoms with E-state index < -0.39 is 0 Å². The second kappa shape index (κ2) is 6.39. The standard InChI is InChI=1S/C19H18N4O2/c1-24-17-10-14-15-12-20-23(9-8-13-6-4-3-5-7-13)19(15)22-21-16(14)11-18(17)25-2/h3-7,10-12H,8-9H2,1-2H3. The van der Waals surface area contributed by atoms with Gasteiger partial charge in [-0.15, -0.1) is 10.2 Å². The minimum atomic E-state index is 0.639. The molecule has 0 saturated carbocycles. The Balaban J connectivity index is 1.75. The van der Waals surface area contributed by atoms with Crippen molar-refractivity contribution >= 4 is 21.9 Å². The molecule has 0 aliphatic heterocycles. The molecule has 0 saturated heterocycles. The van der Waals surface area contributed by atoms with Crippen LogP contribution in [0, 0.1) is 0 Å². The first-order valence-corrected chi connectivity index (χ1v) is 8.08. The maximum Gasteiger partial charge on any atom is 0.181 e. The van der Waals surface area contributed by atoms with E-state index in [4.69, 9.17) is 9.47 Å². The Morgan fingerprint density at radius 3 is 2.44 bits per heavy atom. The number of ether oxygens (including phenoxy) is 2. The highest BCUT2D eigenvalue weighted by Gasteiger charge is 2.13. The molecule has 4 rings (SSSR count). The van der Waals surface area contributed by atoms with E-state index in [1.165, 1.54) is 5.56 Å². The van der Waals surface area contributed by atoms with Crippen LogP contribution in [0.2, 0.25) is 0 Å². The van der Waals surface area contributed by atoms with Crippen LogP contribution < -0.4 is 9.47 Å². The molecule has 0 aliphatic rings. The van der Waals surface area contributed by atoms with Crippen molar-refractivity contribution in [1.82, 2.24) is 20.0 Å². The van der Waals surface area contributed by atoms with Gasteiger partial charge in [0.15, 0.2) is 17.1 Å². The normalized spacial score (nSPS) is 11.1. The van der Waals surface area contributed by atoms with Crippen LogP contribution in [0.4, 0.5) is 0 Å². The lowest BCUT2D eigenvalue weighted by atomic mass is 10.1. The van der Waals surface area contributed by atoms with Gasteiger partial charge in [-0.3, -0.25) is 0 Å². The quantitative estimate of drug-likeness (QED) is 0.561. The summed E-state index contributed by atoms with van der Waals surface area (Å²) in [6.07, 6.45) is 2.73. The van der Waals surface area contributed by atoms with Crippen LogP contribution in [0.1, 0.15) is 5.56 Å². The Bertz CT molecular complexity index is 1030. The van der Waals surface area contributed by atoms with Crippen LogP contribution in [0.3, 0.4) is 0 Å². The Morgan fingerprint density at radius 2 is 1.68 bits per heavy atom. The second-order valence-electron chi connectivity index (χ2n) is 5.76. The van der Waals surface area contributed by atoms with Gasteiger partial charge in [-0.05, 0) is 18.1 Å². The summed E-state index contributed by atoms with van der Waals surface area (Å²) in [5.41, 5.74) is 2.80. The Morgan fingerprint density at radius 1 is 0.920 bits per heavy atom. The number of fused-ring (bicyclic) bond motifs is 3. The molecule has 6 heteroatoms. The molecule has 126 valence electrons. The van der Waals surface area contributed by atoms with Crippen molar-refractivity contribution in [2.45, 2.75) is 13.0 Å². The van der Waals surface area contributed by atoms with E-state index in [0.29, 0.717) is 11.5 Å². The second-order valence-corrected chi connectivity index (χ2v) is 5.76. The molecule has 0 aliphatic carbocycles. The Labute approximate surface area is 145 Å². The van der Waals surface area contributed by atoms with Gasteiger partial charge in [-0.2, -0.15) is 5.10 Å². The number of methoxy groups -OCH3 is 2. The number of rotatable bonds is 5. The topological polar surface area (TPSA) is 62.1 Å². The fourth-order valence-electron chi connectivity index (χ4n) is 2.99. The SMILES string of the molecule is COc1cc2nnc3c(cnn3CCc3ccccc3)c2cc1OC. The highest BCUT2D eigenvalue weighted by atomic mass is 16.5. The van der Waals surface area contributed by atoms with E-state index in [-0.39, 0.29) is 0 Å². The van der Waals surface area contributed by atoms with Crippen molar-refractivity contribution in [2.24, 2.45) is 0 Å². The fourth-order valence-corrected chi connectivity index (χ4v) is 2.99. The van der Waals surface area contributed by atoms with Gasteiger partial charge in [0.05, 0.1) is 31.3 Å². The summed E-state index contributed by atoms with van der Waals surface area (Å²) in [6, 6.07) is 14.1. The number of nitrogens with zero attached hydrogens (tertiary/aromatic N) is 4. The zero-order valence-electron chi connectivity index (χ0n) is 14.1. The van der Waals surface area contributed by atoms with Gasteiger partial charge in [0, 0.05) is 18.0 Å². The largest absolute Gasteiger partial charge is 0.493 e. The van der Waals surface area contributed by atoms with Crippen molar-refractivity contribution < 1.29 is 9.47 Å². The molecule has 2 aromatic heterocycles. The van der Waals surface area contributed by atoms with E-state index in [0.717, 1.165) is 34.9 Å². The maximum absolute atomic E-state index is 5.40. The minimum absolute atomic E-state index is 0.639. The van der Waals surface area contributed by atoms with Gasteiger partial charge in [0.25, 0.3) is 0 Å². The van der Waals surface area contributed by atoms with Crippen LogP contribution in [-0.4, -0.2) is 34.2 Å². The summed E-state index contributed by atoms with van der Waals surface area (Å²) < 4.78 is 12.6. The molecule has 0 amide bonds. The third-order valence-electron chi connectivity index (χ3n) is 4.31. The zero-order valence-corrected chi connectivity index (χ0v) is 14.1. The summed E-state index contributed by atoms with van der Waals surface area (Å²) in [4.78, 5) is 0. The number of benzene rings is 2. The van der Waals surface area contributed by atoms with Crippen molar-refractivity contribution in [1.29, 1.82) is 0 Å². The van der Waals surface area contributed by atoms with Crippen molar-refractivity contribution in [3.05, 3.63) is 54.2 Å². The van der Waals surface area contributed by atoms with Crippen LogP contribution in [0.15, 0.2) is 48.7 Å². The van der Waals surface area contributed by atoms with Crippen LogP contribution >= 0.6 is 0 Å². The van der Waals surface area contributed by atoms with E-state index in [1.807, 2.05) is 41.2 Å². The molecule has 2 aromatic carbocycles. The van der Waals surface area contributed by atoms with Gasteiger partial charge >= 0.3 is 0 Å². The van der Waals surface area contributed by atoms with Gasteiger partial charge in [0.1, 0.15) is 0 Å². The molecule has 6 nitrogen and oxygen atoms in total.